The zero-order valence-electron chi connectivity index (χ0n) is 15.3. The Morgan fingerprint density at radius 2 is 1.85 bits per heavy atom. The molecule has 27 heavy (non-hydrogen) atoms. The molecule has 1 aromatic carbocycles. The lowest BCUT2D eigenvalue weighted by molar-refractivity contribution is 0.102. The summed E-state index contributed by atoms with van der Waals surface area (Å²) in [6.07, 6.45) is 3.38. The van der Waals surface area contributed by atoms with Gasteiger partial charge in [0.05, 0.1) is 30.6 Å². The van der Waals surface area contributed by atoms with E-state index < -0.39 is 13.5 Å². The van der Waals surface area contributed by atoms with E-state index in [0.29, 0.717) is 24.1 Å². The zero-order chi connectivity index (χ0) is 19.9. The topological polar surface area (TPSA) is 90.4 Å². The van der Waals surface area contributed by atoms with Crippen LogP contribution >= 0.6 is 31.0 Å². The predicted molar refractivity (Wildman–Crippen MR) is 108 cm³/mol. The molecule has 0 radical (unpaired) electrons. The van der Waals surface area contributed by atoms with Crippen LogP contribution in [0.5, 0.6) is 0 Å². The number of thioether (sulfide) groups is 1. The first-order valence-electron chi connectivity index (χ1n) is 8.25. The maximum atomic E-state index is 12.6. The highest BCUT2D eigenvalue weighted by Gasteiger charge is 2.24. The number of hydrogen-bond acceptors (Lipinski definition) is 7. The van der Waals surface area contributed by atoms with E-state index in [0.717, 1.165) is 5.56 Å². The van der Waals surface area contributed by atoms with Crippen molar-refractivity contribution < 1.29 is 18.4 Å². The Bertz CT molecular complexity index is 825. The van der Waals surface area contributed by atoms with Crippen LogP contribution in [0, 0.1) is 0 Å². The van der Waals surface area contributed by atoms with Gasteiger partial charge in [-0.1, -0.05) is 35.5 Å². The van der Waals surface area contributed by atoms with Crippen molar-refractivity contribution in [2.45, 2.75) is 25.2 Å². The van der Waals surface area contributed by atoms with Gasteiger partial charge in [0.25, 0.3) is 5.91 Å². The van der Waals surface area contributed by atoms with E-state index >= 15 is 0 Å². The quantitative estimate of drug-likeness (QED) is 0.345. The van der Waals surface area contributed by atoms with Gasteiger partial charge in [-0.2, -0.15) is 0 Å². The molecule has 0 aliphatic rings. The number of hydrogen-bond donors (Lipinski definition) is 1. The summed E-state index contributed by atoms with van der Waals surface area (Å²) in [5.41, 5.74) is 1.45. The molecule has 1 heterocycles. The second kappa shape index (κ2) is 10.2. The van der Waals surface area contributed by atoms with Crippen LogP contribution in [0.3, 0.4) is 0 Å². The molecule has 146 valence electrons. The van der Waals surface area contributed by atoms with Gasteiger partial charge in [-0.3, -0.25) is 9.36 Å². The van der Waals surface area contributed by atoms with Crippen LogP contribution in [0.15, 0.2) is 35.6 Å². The van der Waals surface area contributed by atoms with Crippen molar-refractivity contribution in [1.29, 1.82) is 0 Å². The fourth-order valence-electron chi connectivity index (χ4n) is 2.24. The molecule has 0 aliphatic carbocycles. The molecule has 0 saturated carbocycles. The molecule has 2 rings (SSSR count). The molecule has 1 aromatic heterocycles. The minimum atomic E-state index is -3.17. The average molecular weight is 430 g/mol. The number of aromatic nitrogens is 2. The maximum absolute atomic E-state index is 12.6. The summed E-state index contributed by atoms with van der Waals surface area (Å²) in [6, 6.07) is 6.94. The van der Waals surface area contributed by atoms with E-state index in [9.17, 15) is 9.36 Å². The third-order valence-corrected chi connectivity index (χ3v) is 6.25. The number of halogens is 1. The van der Waals surface area contributed by atoms with E-state index in [1.807, 2.05) is 6.26 Å². The van der Waals surface area contributed by atoms with Crippen LogP contribution in [0.2, 0.25) is 5.02 Å². The third-order valence-electron chi connectivity index (χ3n) is 3.36. The normalized spacial score (nSPS) is 11.4. The summed E-state index contributed by atoms with van der Waals surface area (Å²) in [4.78, 5) is 20.6. The number of rotatable bonds is 9. The first kappa shape index (κ1) is 21.9. The van der Waals surface area contributed by atoms with Crippen molar-refractivity contribution in [2.24, 2.45) is 0 Å². The smallest absolute Gasteiger partial charge is 0.321 e. The third kappa shape index (κ3) is 6.30. The van der Waals surface area contributed by atoms with E-state index in [4.69, 9.17) is 20.6 Å². The molecule has 2 aromatic rings. The second-order valence-corrected chi connectivity index (χ2v) is 8.54. The Morgan fingerprint density at radius 3 is 2.41 bits per heavy atom. The molecule has 0 bridgehead atoms. The standard InChI is InChI=1S/C17H21ClN3O4PS/c1-4-24-26(23,25-5-2)11-12-6-8-13(9-7-12)20-16(22)15-14(18)10-19-17(21-15)27-3/h6-10H,4-5,11H2,1-3H3,(H,20,22). The van der Waals surface area contributed by atoms with Crippen molar-refractivity contribution in [2.75, 3.05) is 24.8 Å². The van der Waals surface area contributed by atoms with Gasteiger partial charge in [-0.15, -0.1) is 0 Å². The van der Waals surface area contributed by atoms with Gasteiger partial charge >= 0.3 is 7.60 Å². The number of carbonyl (C=O) groups excluding carboxylic acids is 1. The van der Waals surface area contributed by atoms with E-state index in [1.54, 1.807) is 38.1 Å². The first-order valence-corrected chi connectivity index (χ1v) is 11.6. The van der Waals surface area contributed by atoms with Crippen molar-refractivity contribution in [3.05, 3.63) is 46.7 Å². The molecule has 0 spiro atoms. The van der Waals surface area contributed by atoms with E-state index in [2.05, 4.69) is 15.3 Å². The molecular weight excluding hydrogens is 409 g/mol. The molecule has 0 fully saturated rings. The maximum Gasteiger partial charge on any atom is 0.335 e. The molecule has 1 amide bonds. The molecule has 7 nitrogen and oxygen atoms in total. The molecule has 10 heteroatoms. The Morgan fingerprint density at radius 1 is 1.22 bits per heavy atom. The van der Waals surface area contributed by atoms with Gasteiger partial charge in [0, 0.05) is 5.69 Å². The SMILES string of the molecule is CCOP(=O)(Cc1ccc(NC(=O)c2nc(SC)ncc2Cl)cc1)OCC. The number of anilines is 1. The predicted octanol–water partition coefficient (Wildman–Crippen LogP) is 4.87. The van der Waals surface area contributed by atoms with Crippen LogP contribution in [0.4, 0.5) is 5.69 Å². The minimum Gasteiger partial charge on any atom is -0.321 e. The number of benzene rings is 1. The lowest BCUT2D eigenvalue weighted by atomic mass is 10.2. The van der Waals surface area contributed by atoms with Crippen LogP contribution in [-0.2, 0) is 19.8 Å². The fourth-order valence-corrected chi connectivity index (χ4v) is 4.46. The number of nitrogens with one attached hydrogen (secondary N) is 1. The summed E-state index contributed by atoms with van der Waals surface area (Å²) < 4.78 is 23.2. The highest BCUT2D eigenvalue weighted by atomic mass is 35.5. The van der Waals surface area contributed by atoms with Crippen molar-refractivity contribution in [1.82, 2.24) is 9.97 Å². The van der Waals surface area contributed by atoms with Gasteiger partial charge < -0.3 is 14.4 Å². The highest BCUT2D eigenvalue weighted by molar-refractivity contribution is 7.98. The van der Waals surface area contributed by atoms with Gasteiger partial charge in [0.1, 0.15) is 0 Å². The number of nitrogens with zero attached hydrogens (tertiary/aromatic N) is 2. The molecule has 0 unspecified atom stereocenters. The van der Waals surface area contributed by atoms with Crippen molar-refractivity contribution >= 4 is 42.6 Å². The Hall–Kier alpha value is -1.44. The second-order valence-electron chi connectivity index (χ2n) is 5.31. The summed E-state index contributed by atoms with van der Waals surface area (Å²) in [5, 5.41) is 3.37. The molecule has 1 N–H and O–H groups in total. The van der Waals surface area contributed by atoms with E-state index in [-0.39, 0.29) is 16.9 Å². The first-order chi connectivity index (χ1) is 12.9. The lowest BCUT2D eigenvalue weighted by Crippen LogP contribution is -2.15. The van der Waals surface area contributed by atoms with E-state index in [1.165, 1.54) is 18.0 Å². The largest absolute Gasteiger partial charge is 0.335 e. The Labute approximate surface area is 167 Å². The lowest BCUT2D eigenvalue weighted by Gasteiger charge is -2.17. The molecule has 0 saturated heterocycles. The zero-order valence-corrected chi connectivity index (χ0v) is 17.7. The van der Waals surface area contributed by atoms with Gasteiger partial charge in [-0.25, -0.2) is 9.97 Å². The summed E-state index contributed by atoms with van der Waals surface area (Å²) in [7, 11) is -3.17. The van der Waals surface area contributed by atoms with Crippen LogP contribution in [0.1, 0.15) is 29.9 Å². The summed E-state index contributed by atoms with van der Waals surface area (Å²) in [5.74, 6) is -0.431. The van der Waals surface area contributed by atoms with Gasteiger partial charge in [-0.05, 0) is 37.8 Å². The summed E-state index contributed by atoms with van der Waals surface area (Å²) in [6.45, 7) is 4.16. The monoisotopic (exact) mass is 429 g/mol. The van der Waals surface area contributed by atoms with Crippen LogP contribution < -0.4 is 5.32 Å². The molecule has 0 aliphatic heterocycles. The van der Waals surface area contributed by atoms with Gasteiger partial charge in [0.2, 0.25) is 0 Å². The number of carbonyl (C=O) groups is 1. The fraction of sp³-hybridized carbons (Fsp3) is 0.353. The number of amides is 1. The van der Waals surface area contributed by atoms with Crippen molar-refractivity contribution in [3.63, 3.8) is 0 Å². The molecule has 0 atom stereocenters. The van der Waals surface area contributed by atoms with Crippen LogP contribution in [0.25, 0.3) is 0 Å². The van der Waals surface area contributed by atoms with Gasteiger partial charge in [0.15, 0.2) is 10.9 Å². The van der Waals surface area contributed by atoms with Crippen molar-refractivity contribution in [3.8, 4) is 0 Å². The Kier molecular flexibility index (Phi) is 8.26. The average Bonchev–Trinajstić information content (AvgIpc) is 2.64. The summed E-state index contributed by atoms with van der Waals surface area (Å²) >= 11 is 7.34. The minimum absolute atomic E-state index is 0.109. The van der Waals surface area contributed by atoms with Crippen LogP contribution in [-0.4, -0.2) is 35.3 Å². The molecular formula is C17H21ClN3O4PS. The Balaban J connectivity index is 2.09. The highest BCUT2D eigenvalue weighted by Crippen LogP contribution is 2.51.